The molecule has 1 aliphatic heterocycles. The summed E-state index contributed by atoms with van der Waals surface area (Å²) in [5.41, 5.74) is 3.35. The smallest absolute Gasteiger partial charge is 0.359 e. The Balaban J connectivity index is 2.21. The predicted molar refractivity (Wildman–Crippen MR) is 90.7 cm³/mol. The van der Waals surface area contributed by atoms with Gasteiger partial charge >= 0.3 is 5.97 Å². The Bertz CT molecular complexity index is 1020. The summed E-state index contributed by atoms with van der Waals surface area (Å²) < 4.78 is 4.75. The molecule has 0 fully saturated rings. The molecule has 0 saturated carbocycles. The van der Waals surface area contributed by atoms with E-state index in [1.165, 1.54) is 7.11 Å². The molecule has 1 aromatic carbocycles. The molecule has 2 heterocycles. The number of aromatic nitrogens is 2. The van der Waals surface area contributed by atoms with Gasteiger partial charge < -0.3 is 4.74 Å². The summed E-state index contributed by atoms with van der Waals surface area (Å²) in [7, 11) is 1.29. The lowest BCUT2D eigenvalue weighted by Gasteiger charge is -2.26. The van der Waals surface area contributed by atoms with Crippen LogP contribution in [0.4, 0.5) is 0 Å². The highest BCUT2D eigenvalue weighted by atomic mass is 16.5. The van der Waals surface area contributed by atoms with E-state index in [9.17, 15) is 15.3 Å². The third-order valence-electron chi connectivity index (χ3n) is 4.41. The van der Waals surface area contributed by atoms with Gasteiger partial charge in [0.2, 0.25) is 0 Å². The summed E-state index contributed by atoms with van der Waals surface area (Å²) in [5.74, 6) is -1.52. The van der Waals surface area contributed by atoms with Crippen molar-refractivity contribution >= 4 is 22.6 Å². The van der Waals surface area contributed by atoms with Crippen LogP contribution in [0.1, 0.15) is 35.8 Å². The fourth-order valence-corrected chi connectivity index (χ4v) is 3.18. The second-order valence-electron chi connectivity index (χ2n) is 5.82. The highest BCUT2D eigenvalue weighted by Gasteiger charge is 2.34. The number of methoxy groups -OCH3 is 1. The number of H-pyrrole nitrogens is 1. The molecule has 7 heteroatoms. The molecule has 0 spiro atoms. The second-order valence-corrected chi connectivity index (χ2v) is 5.82. The summed E-state index contributed by atoms with van der Waals surface area (Å²) in [6.45, 7) is 3.55. The number of benzene rings is 1. The topological polar surface area (TPSA) is 115 Å². The predicted octanol–water partition coefficient (Wildman–Crippen LogP) is 2.84. The van der Waals surface area contributed by atoms with E-state index in [0.717, 1.165) is 5.56 Å². The third kappa shape index (κ3) is 2.56. The molecule has 0 amide bonds. The molecule has 2 unspecified atom stereocenters. The standard InChI is InChI=1S/C18H15N5O2/c1-9-13(7-19)16(14(8-20)10(2)21-9)11-4-5-15-12(6-11)17(23-22-15)18(24)25-3/h4-6,13,16H,1-3H3,(H,22,23). The Morgan fingerprint density at radius 3 is 2.72 bits per heavy atom. The van der Waals surface area contributed by atoms with Crippen molar-refractivity contribution in [1.29, 1.82) is 10.5 Å². The van der Waals surface area contributed by atoms with Crippen molar-refractivity contribution in [1.82, 2.24) is 10.2 Å². The number of aliphatic imine (C=N–C) groups is 1. The first-order chi connectivity index (χ1) is 12.0. The van der Waals surface area contributed by atoms with Crippen molar-refractivity contribution < 1.29 is 9.53 Å². The van der Waals surface area contributed by atoms with E-state index in [2.05, 4.69) is 27.3 Å². The number of rotatable bonds is 2. The monoisotopic (exact) mass is 333 g/mol. The van der Waals surface area contributed by atoms with Crippen LogP contribution < -0.4 is 0 Å². The molecule has 1 aromatic heterocycles. The molecule has 1 aliphatic rings. The van der Waals surface area contributed by atoms with Crippen LogP contribution in [0.25, 0.3) is 10.9 Å². The lowest BCUT2D eigenvalue weighted by atomic mass is 9.76. The number of esters is 1. The van der Waals surface area contributed by atoms with Crippen molar-refractivity contribution in [3.63, 3.8) is 0 Å². The van der Waals surface area contributed by atoms with Gasteiger partial charge in [-0.1, -0.05) is 6.07 Å². The van der Waals surface area contributed by atoms with E-state index in [-0.39, 0.29) is 5.69 Å². The first-order valence-electron chi connectivity index (χ1n) is 7.63. The van der Waals surface area contributed by atoms with Gasteiger partial charge in [-0.3, -0.25) is 10.1 Å². The minimum Gasteiger partial charge on any atom is -0.464 e. The molecular weight excluding hydrogens is 318 g/mol. The van der Waals surface area contributed by atoms with Gasteiger partial charge in [0.25, 0.3) is 0 Å². The van der Waals surface area contributed by atoms with Crippen LogP contribution in [0, 0.1) is 28.6 Å². The summed E-state index contributed by atoms with van der Waals surface area (Å²) in [4.78, 5) is 16.2. The maximum absolute atomic E-state index is 11.9. The van der Waals surface area contributed by atoms with Crippen LogP contribution in [0.2, 0.25) is 0 Å². The minimum absolute atomic E-state index is 0.174. The zero-order chi connectivity index (χ0) is 18.1. The maximum Gasteiger partial charge on any atom is 0.359 e. The zero-order valence-electron chi connectivity index (χ0n) is 14.0. The van der Waals surface area contributed by atoms with E-state index in [0.29, 0.717) is 27.9 Å². The number of fused-ring (bicyclic) bond motifs is 1. The molecule has 1 N–H and O–H groups in total. The molecule has 0 aliphatic carbocycles. The maximum atomic E-state index is 11.9. The summed E-state index contributed by atoms with van der Waals surface area (Å²) in [6.07, 6.45) is 0. The lowest BCUT2D eigenvalue weighted by Crippen LogP contribution is -2.24. The average molecular weight is 333 g/mol. The van der Waals surface area contributed by atoms with Crippen LogP contribution in [0.3, 0.4) is 0 Å². The Labute approximate surface area is 144 Å². The molecule has 2 aromatic rings. The first-order valence-corrected chi connectivity index (χ1v) is 7.63. The van der Waals surface area contributed by atoms with Crippen molar-refractivity contribution in [3.05, 3.63) is 40.7 Å². The lowest BCUT2D eigenvalue weighted by molar-refractivity contribution is 0.0596. The number of carbonyl (C=O) groups is 1. The van der Waals surface area contributed by atoms with Crippen LogP contribution in [0.5, 0.6) is 0 Å². The quantitative estimate of drug-likeness (QED) is 0.848. The molecule has 2 atom stereocenters. The second kappa shape index (κ2) is 6.21. The Morgan fingerprint density at radius 1 is 1.32 bits per heavy atom. The van der Waals surface area contributed by atoms with Crippen LogP contribution in [-0.4, -0.2) is 29.0 Å². The van der Waals surface area contributed by atoms with Gasteiger partial charge in [0, 0.05) is 17.0 Å². The van der Waals surface area contributed by atoms with Crippen molar-refractivity contribution in [2.24, 2.45) is 10.9 Å². The molecule has 0 bridgehead atoms. The fraction of sp³-hybridized carbons (Fsp3) is 0.278. The van der Waals surface area contributed by atoms with Gasteiger partial charge in [0.15, 0.2) is 5.69 Å². The van der Waals surface area contributed by atoms with Crippen molar-refractivity contribution in [2.75, 3.05) is 7.11 Å². The number of hydrogen-bond donors (Lipinski definition) is 1. The number of nitriles is 2. The van der Waals surface area contributed by atoms with Crippen molar-refractivity contribution in [2.45, 2.75) is 19.8 Å². The largest absolute Gasteiger partial charge is 0.464 e. The van der Waals surface area contributed by atoms with Gasteiger partial charge in [0.05, 0.1) is 42.0 Å². The van der Waals surface area contributed by atoms with Gasteiger partial charge in [-0.15, -0.1) is 0 Å². The van der Waals surface area contributed by atoms with Gasteiger partial charge in [0.1, 0.15) is 0 Å². The zero-order valence-corrected chi connectivity index (χ0v) is 14.0. The Morgan fingerprint density at radius 2 is 2.08 bits per heavy atom. The Kier molecular flexibility index (Phi) is 4.08. The fourth-order valence-electron chi connectivity index (χ4n) is 3.18. The van der Waals surface area contributed by atoms with E-state index in [1.54, 1.807) is 26.0 Å². The minimum atomic E-state index is -0.547. The first kappa shape index (κ1) is 16.4. The molecule has 0 saturated heterocycles. The molecule has 25 heavy (non-hydrogen) atoms. The highest BCUT2D eigenvalue weighted by Crippen LogP contribution is 2.39. The van der Waals surface area contributed by atoms with E-state index in [4.69, 9.17) is 4.74 Å². The van der Waals surface area contributed by atoms with Crippen LogP contribution >= 0.6 is 0 Å². The number of hydrogen-bond acceptors (Lipinski definition) is 6. The van der Waals surface area contributed by atoms with E-state index < -0.39 is 17.8 Å². The molecule has 124 valence electrons. The number of carbonyl (C=O) groups excluding carboxylic acids is 1. The SMILES string of the molecule is COC(=O)c1n[nH]c2ccc(C3C(C#N)=C(C)N=C(C)C3C#N)cc12. The van der Waals surface area contributed by atoms with E-state index in [1.807, 2.05) is 6.07 Å². The van der Waals surface area contributed by atoms with Gasteiger partial charge in [-0.2, -0.15) is 15.6 Å². The average Bonchev–Trinajstić information content (AvgIpc) is 3.03. The molecular formula is C18H15N5O2. The summed E-state index contributed by atoms with van der Waals surface area (Å²) >= 11 is 0. The summed E-state index contributed by atoms with van der Waals surface area (Å²) in [6, 6.07) is 9.83. The van der Waals surface area contributed by atoms with Crippen molar-refractivity contribution in [3.8, 4) is 12.1 Å². The number of ether oxygens (including phenoxy) is 1. The molecule has 0 radical (unpaired) electrons. The van der Waals surface area contributed by atoms with Gasteiger partial charge in [-0.25, -0.2) is 4.79 Å². The molecule has 7 nitrogen and oxygen atoms in total. The van der Waals surface area contributed by atoms with Gasteiger partial charge in [-0.05, 0) is 31.5 Å². The number of aromatic amines is 1. The van der Waals surface area contributed by atoms with E-state index >= 15 is 0 Å². The number of nitrogens with one attached hydrogen (secondary N) is 1. The highest BCUT2D eigenvalue weighted by molar-refractivity contribution is 6.02. The van der Waals surface area contributed by atoms with Crippen LogP contribution in [0.15, 0.2) is 34.5 Å². The molecule has 3 rings (SSSR count). The Hall–Kier alpha value is -3.45. The summed E-state index contributed by atoms with van der Waals surface area (Å²) in [5, 5.41) is 26.5. The number of allylic oxidation sites excluding steroid dienone is 2. The number of nitrogens with zero attached hydrogens (tertiary/aromatic N) is 4. The third-order valence-corrected chi connectivity index (χ3v) is 4.41. The van der Waals surface area contributed by atoms with Crippen LogP contribution in [-0.2, 0) is 4.74 Å². The normalized spacial score (nSPS) is 20.0.